The fraction of sp³-hybridized carbons (Fsp3) is 0. The summed E-state index contributed by atoms with van der Waals surface area (Å²) in [6.45, 7) is 0. The van der Waals surface area contributed by atoms with Crippen LogP contribution in [-0.2, 0) is 0 Å². The Morgan fingerprint density at radius 2 is 1.59 bits per heavy atom. The Kier molecular flexibility index (Phi) is 2.22. The summed E-state index contributed by atoms with van der Waals surface area (Å²) < 4.78 is 0.928. The van der Waals surface area contributed by atoms with E-state index in [-0.39, 0.29) is 0 Å². The molecular weight excluding hydrogens is 212 g/mol. The van der Waals surface area contributed by atoms with Gasteiger partial charge < -0.3 is 5.21 Å². The lowest BCUT2D eigenvalue weighted by Gasteiger charge is -2.06. The van der Waals surface area contributed by atoms with Crippen LogP contribution in [-0.4, -0.2) is 4.98 Å². The molecule has 0 bridgehead atoms. The van der Waals surface area contributed by atoms with Gasteiger partial charge in [-0.3, -0.25) is 0 Å². The third kappa shape index (κ3) is 1.61. The summed E-state index contributed by atoms with van der Waals surface area (Å²) >= 11 is 0. The highest BCUT2D eigenvalue weighted by atomic mass is 16.5. The van der Waals surface area contributed by atoms with E-state index >= 15 is 0 Å². The molecular formula is C14H10N2O. The molecule has 3 nitrogen and oxygen atoms in total. The number of fused-ring (bicyclic) bond motifs is 1. The molecule has 0 N–H and O–H groups in total. The van der Waals surface area contributed by atoms with Crippen molar-refractivity contribution in [1.29, 1.82) is 0 Å². The van der Waals surface area contributed by atoms with Gasteiger partial charge in [0.15, 0.2) is 0 Å². The number of benzene rings is 2. The molecule has 17 heavy (non-hydrogen) atoms. The number of rotatable bonds is 1. The maximum Gasteiger partial charge on any atom is 0.242 e. The maximum atomic E-state index is 12.2. The molecule has 0 fully saturated rings. The van der Waals surface area contributed by atoms with Crippen LogP contribution in [0.1, 0.15) is 0 Å². The van der Waals surface area contributed by atoms with Gasteiger partial charge in [-0.1, -0.05) is 30.3 Å². The van der Waals surface area contributed by atoms with Crippen molar-refractivity contribution in [1.82, 2.24) is 4.98 Å². The molecule has 1 heterocycles. The van der Waals surface area contributed by atoms with Crippen LogP contribution in [0, 0.1) is 5.21 Å². The summed E-state index contributed by atoms with van der Waals surface area (Å²) in [4.78, 5) is 4.30. The molecule has 1 aromatic heterocycles. The van der Waals surface area contributed by atoms with Gasteiger partial charge in [-0.05, 0) is 18.2 Å². The number of para-hydroxylation sites is 2. The summed E-state index contributed by atoms with van der Waals surface area (Å²) in [6, 6.07) is 16.9. The predicted molar refractivity (Wildman–Crippen MR) is 66.1 cm³/mol. The molecule has 0 amide bonds. The number of aromatic nitrogens is 2. The minimum Gasteiger partial charge on any atom is -0.618 e. The van der Waals surface area contributed by atoms with E-state index in [1.54, 1.807) is 12.3 Å². The van der Waals surface area contributed by atoms with Gasteiger partial charge in [-0.2, -0.15) is 4.73 Å². The van der Waals surface area contributed by atoms with Crippen molar-refractivity contribution in [3.63, 3.8) is 0 Å². The summed E-state index contributed by atoms with van der Waals surface area (Å²) in [5.41, 5.74) is 2.75. The Bertz CT molecular complexity index is 665. The lowest BCUT2D eigenvalue weighted by atomic mass is 10.1. The molecule has 0 aliphatic heterocycles. The quantitative estimate of drug-likeness (QED) is 0.469. The average Bonchev–Trinajstić information content (AvgIpc) is 2.40. The van der Waals surface area contributed by atoms with E-state index in [9.17, 15) is 5.21 Å². The standard InChI is InChI=1S/C14H10N2O/c17-16-13-9-5-4-8-12(13)15-10-14(16)11-6-2-1-3-7-11/h1-10H. The van der Waals surface area contributed by atoms with Gasteiger partial charge in [0.2, 0.25) is 11.2 Å². The zero-order valence-electron chi connectivity index (χ0n) is 9.08. The predicted octanol–water partition coefficient (Wildman–Crippen LogP) is 2.54. The second kappa shape index (κ2) is 3.87. The summed E-state index contributed by atoms with van der Waals surface area (Å²) in [5, 5.41) is 12.2. The summed E-state index contributed by atoms with van der Waals surface area (Å²) in [7, 11) is 0. The van der Waals surface area contributed by atoms with E-state index in [1.165, 1.54) is 0 Å². The van der Waals surface area contributed by atoms with Crippen molar-refractivity contribution in [3.05, 3.63) is 66.0 Å². The third-order valence-corrected chi connectivity index (χ3v) is 2.71. The van der Waals surface area contributed by atoms with Crippen molar-refractivity contribution in [2.45, 2.75) is 0 Å². The normalized spacial score (nSPS) is 10.6. The zero-order valence-corrected chi connectivity index (χ0v) is 9.08. The maximum absolute atomic E-state index is 12.2. The van der Waals surface area contributed by atoms with Gasteiger partial charge in [0.1, 0.15) is 11.7 Å². The Hall–Kier alpha value is -2.42. The monoisotopic (exact) mass is 222 g/mol. The van der Waals surface area contributed by atoms with Crippen LogP contribution in [0.4, 0.5) is 0 Å². The molecule has 0 atom stereocenters. The molecule has 2 aromatic carbocycles. The van der Waals surface area contributed by atoms with Gasteiger partial charge in [0.25, 0.3) is 0 Å². The first-order valence-corrected chi connectivity index (χ1v) is 5.39. The average molecular weight is 222 g/mol. The SMILES string of the molecule is [O-][n+]1c(-c2ccccc2)cnc2ccccc21. The topological polar surface area (TPSA) is 39.8 Å². The minimum absolute atomic E-state index is 0.573. The molecule has 0 aliphatic rings. The highest BCUT2D eigenvalue weighted by molar-refractivity contribution is 5.72. The van der Waals surface area contributed by atoms with Gasteiger partial charge in [-0.15, -0.1) is 0 Å². The molecule has 3 heteroatoms. The van der Waals surface area contributed by atoms with Crippen molar-refractivity contribution in [2.24, 2.45) is 0 Å². The molecule has 0 radical (unpaired) electrons. The molecule has 0 spiro atoms. The molecule has 0 saturated carbocycles. The third-order valence-electron chi connectivity index (χ3n) is 2.71. The smallest absolute Gasteiger partial charge is 0.242 e. The molecule has 3 rings (SSSR count). The van der Waals surface area contributed by atoms with Crippen molar-refractivity contribution in [3.8, 4) is 11.3 Å². The van der Waals surface area contributed by atoms with Gasteiger partial charge in [-0.25, -0.2) is 4.98 Å². The van der Waals surface area contributed by atoms with Gasteiger partial charge in [0.05, 0.1) is 0 Å². The van der Waals surface area contributed by atoms with Gasteiger partial charge in [0, 0.05) is 11.6 Å². The molecule has 3 aromatic rings. The summed E-state index contributed by atoms with van der Waals surface area (Å²) in [5.74, 6) is 0. The van der Waals surface area contributed by atoms with Crippen molar-refractivity contribution < 1.29 is 4.73 Å². The summed E-state index contributed by atoms with van der Waals surface area (Å²) in [6.07, 6.45) is 1.62. The Labute approximate surface area is 98.6 Å². The van der Waals surface area contributed by atoms with Crippen molar-refractivity contribution in [2.75, 3.05) is 0 Å². The Morgan fingerprint density at radius 1 is 0.882 bits per heavy atom. The highest BCUT2D eigenvalue weighted by Gasteiger charge is 2.12. The molecule has 0 unspecified atom stereocenters. The fourth-order valence-corrected chi connectivity index (χ4v) is 1.86. The Morgan fingerprint density at radius 3 is 2.41 bits per heavy atom. The minimum atomic E-state index is 0.573. The van der Waals surface area contributed by atoms with Gasteiger partial charge >= 0.3 is 0 Å². The van der Waals surface area contributed by atoms with E-state index in [0.717, 1.165) is 10.3 Å². The second-order valence-corrected chi connectivity index (χ2v) is 3.79. The highest BCUT2D eigenvalue weighted by Crippen LogP contribution is 2.16. The van der Waals surface area contributed by atoms with Crippen LogP contribution >= 0.6 is 0 Å². The lowest BCUT2D eigenvalue weighted by Crippen LogP contribution is -2.30. The first-order valence-electron chi connectivity index (χ1n) is 5.39. The van der Waals surface area contributed by atoms with E-state index in [1.807, 2.05) is 48.5 Å². The number of hydrogen-bond donors (Lipinski definition) is 0. The van der Waals surface area contributed by atoms with Crippen molar-refractivity contribution >= 4 is 11.0 Å². The number of hydrogen-bond acceptors (Lipinski definition) is 2. The van der Waals surface area contributed by atoms with Crippen LogP contribution in [0.2, 0.25) is 0 Å². The number of nitrogens with zero attached hydrogens (tertiary/aromatic N) is 2. The molecule has 0 aliphatic carbocycles. The first-order chi connectivity index (χ1) is 8.36. The van der Waals surface area contributed by atoms with E-state index in [0.29, 0.717) is 16.7 Å². The zero-order chi connectivity index (χ0) is 11.7. The van der Waals surface area contributed by atoms with Crippen LogP contribution in [0.15, 0.2) is 60.8 Å². The first kappa shape index (κ1) is 9.78. The molecule has 82 valence electrons. The van der Waals surface area contributed by atoms with E-state index in [4.69, 9.17) is 0 Å². The van der Waals surface area contributed by atoms with Crippen LogP contribution < -0.4 is 4.73 Å². The Balaban J connectivity index is 2.29. The van der Waals surface area contributed by atoms with Crippen LogP contribution in [0.25, 0.3) is 22.3 Å². The largest absolute Gasteiger partial charge is 0.618 e. The fourth-order valence-electron chi connectivity index (χ4n) is 1.86. The van der Waals surface area contributed by atoms with Crippen LogP contribution in [0.3, 0.4) is 0 Å². The van der Waals surface area contributed by atoms with E-state index < -0.39 is 0 Å². The van der Waals surface area contributed by atoms with E-state index in [2.05, 4.69) is 4.98 Å². The lowest BCUT2D eigenvalue weighted by molar-refractivity contribution is -0.565. The second-order valence-electron chi connectivity index (χ2n) is 3.79. The molecule has 0 saturated heterocycles. The van der Waals surface area contributed by atoms with Crippen LogP contribution in [0.5, 0.6) is 0 Å².